The summed E-state index contributed by atoms with van der Waals surface area (Å²) in [5.41, 5.74) is 3.47. The van der Waals surface area contributed by atoms with Crippen molar-refractivity contribution in [3.8, 4) is 5.75 Å². The zero-order valence-corrected chi connectivity index (χ0v) is 24.5. The van der Waals surface area contributed by atoms with Gasteiger partial charge in [0.25, 0.3) is 0 Å². The van der Waals surface area contributed by atoms with Crippen molar-refractivity contribution in [3.05, 3.63) is 40.7 Å². The first-order valence-corrected chi connectivity index (χ1v) is 14.6. The van der Waals surface area contributed by atoms with Crippen molar-refractivity contribution in [1.29, 1.82) is 0 Å². The molecule has 10 nitrogen and oxygen atoms in total. The normalized spacial score (nSPS) is 16.4. The van der Waals surface area contributed by atoms with Crippen LogP contribution in [0.4, 0.5) is 23.1 Å². The summed E-state index contributed by atoms with van der Waals surface area (Å²) >= 11 is 6.40. The zero-order valence-electron chi connectivity index (χ0n) is 22.9. The Labute approximate surface area is 229 Å². The summed E-state index contributed by atoms with van der Waals surface area (Å²) in [5.74, 6) is 1.73. The molecule has 0 spiro atoms. The predicted octanol–water partition coefficient (Wildman–Crippen LogP) is 5.05. The smallest absolute Gasteiger partial charge is 0.229 e. The topological polar surface area (TPSA) is 114 Å². The molecular weight excluding hydrogens is 526 g/mol. The third-order valence-corrected chi connectivity index (χ3v) is 8.85. The molecule has 1 atom stereocenters. The van der Waals surface area contributed by atoms with Gasteiger partial charge in [0.05, 0.1) is 28.9 Å². The van der Waals surface area contributed by atoms with Crippen molar-refractivity contribution in [1.82, 2.24) is 24.6 Å². The summed E-state index contributed by atoms with van der Waals surface area (Å²) in [6.45, 7) is 11.4. The van der Waals surface area contributed by atoms with E-state index >= 15 is 0 Å². The number of nitrogens with zero attached hydrogens (tertiary/aromatic N) is 5. The minimum absolute atomic E-state index is 0.0207. The average molecular weight is 562 g/mol. The lowest BCUT2D eigenvalue weighted by Crippen LogP contribution is -2.16. The van der Waals surface area contributed by atoms with Crippen molar-refractivity contribution in [3.63, 3.8) is 0 Å². The molecule has 1 unspecified atom stereocenters. The highest BCUT2D eigenvalue weighted by Gasteiger charge is 2.28. The van der Waals surface area contributed by atoms with E-state index in [0.717, 1.165) is 36.5 Å². The maximum Gasteiger partial charge on any atom is 0.229 e. The van der Waals surface area contributed by atoms with Gasteiger partial charge in [-0.25, -0.2) is 13.4 Å². The third-order valence-electron chi connectivity index (χ3n) is 6.49. The van der Waals surface area contributed by atoms with Crippen LogP contribution in [0.3, 0.4) is 0 Å². The molecule has 1 saturated heterocycles. The van der Waals surface area contributed by atoms with Crippen molar-refractivity contribution >= 4 is 44.6 Å². The molecule has 0 bridgehead atoms. The first kappa shape index (κ1) is 28.1. The minimum atomic E-state index is -3.63. The van der Waals surface area contributed by atoms with Gasteiger partial charge >= 0.3 is 0 Å². The fourth-order valence-corrected chi connectivity index (χ4v) is 5.77. The van der Waals surface area contributed by atoms with Crippen LogP contribution in [0.5, 0.6) is 5.75 Å². The Morgan fingerprint density at radius 1 is 1.13 bits per heavy atom. The van der Waals surface area contributed by atoms with Crippen LogP contribution < -0.4 is 15.4 Å². The number of anilines is 4. The summed E-state index contributed by atoms with van der Waals surface area (Å²) in [5, 5.41) is 10.0. The summed E-state index contributed by atoms with van der Waals surface area (Å²) in [4.78, 5) is 11.2. The molecule has 3 heterocycles. The molecule has 1 aliphatic rings. The molecule has 0 radical (unpaired) electrons. The number of nitrogens with one attached hydrogen (secondary N) is 2. The highest BCUT2D eigenvalue weighted by atomic mass is 35.5. The van der Waals surface area contributed by atoms with Crippen molar-refractivity contribution in [2.45, 2.75) is 63.3 Å². The summed E-state index contributed by atoms with van der Waals surface area (Å²) in [6.07, 6.45) is 4.14. The molecule has 1 aromatic carbocycles. The highest BCUT2D eigenvalue weighted by molar-refractivity contribution is 7.92. The number of aromatic nitrogens is 4. The maximum atomic E-state index is 12.8. The van der Waals surface area contributed by atoms with E-state index < -0.39 is 15.1 Å². The molecule has 38 heavy (non-hydrogen) atoms. The summed E-state index contributed by atoms with van der Waals surface area (Å²) < 4.78 is 33.3. The summed E-state index contributed by atoms with van der Waals surface area (Å²) in [7, 11) is 0.172. The number of hydrogen-bond acceptors (Lipinski definition) is 9. The number of aryl methyl sites for hydroxylation is 2. The second kappa shape index (κ2) is 11.1. The van der Waals surface area contributed by atoms with Crippen LogP contribution in [0.15, 0.2) is 29.6 Å². The Morgan fingerprint density at radius 2 is 1.87 bits per heavy atom. The quantitative estimate of drug-likeness (QED) is 0.370. The van der Waals surface area contributed by atoms with Crippen LogP contribution in [0.25, 0.3) is 0 Å². The van der Waals surface area contributed by atoms with E-state index in [1.54, 1.807) is 27.1 Å². The van der Waals surface area contributed by atoms with Gasteiger partial charge < -0.3 is 20.3 Å². The molecule has 0 amide bonds. The van der Waals surface area contributed by atoms with Gasteiger partial charge in [-0.1, -0.05) is 11.6 Å². The fraction of sp³-hybridized carbons (Fsp3) is 0.500. The van der Waals surface area contributed by atoms with Crippen molar-refractivity contribution in [2.24, 2.45) is 7.05 Å². The van der Waals surface area contributed by atoms with Gasteiger partial charge in [0.15, 0.2) is 5.82 Å². The van der Waals surface area contributed by atoms with E-state index in [0.29, 0.717) is 11.6 Å². The predicted molar refractivity (Wildman–Crippen MR) is 151 cm³/mol. The second-order valence-electron chi connectivity index (χ2n) is 10.4. The van der Waals surface area contributed by atoms with Crippen molar-refractivity contribution < 1.29 is 13.2 Å². The molecule has 206 valence electrons. The molecule has 3 aromatic rings. The molecule has 1 aliphatic heterocycles. The van der Waals surface area contributed by atoms with Crippen LogP contribution in [-0.2, 0) is 16.9 Å². The van der Waals surface area contributed by atoms with Gasteiger partial charge in [-0.05, 0) is 83.8 Å². The van der Waals surface area contributed by atoms with E-state index in [2.05, 4.69) is 56.7 Å². The van der Waals surface area contributed by atoms with E-state index in [-0.39, 0.29) is 27.9 Å². The number of rotatable bonds is 9. The van der Waals surface area contributed by atoms with Gasteiger partial charge in [-0.3, -0.25) is 4.68 Å². The van der Waals surface area contributed by atoms with E-state index in [1.807, 2.05) is 13.8 Å². The highest BCUT2D eigenvalue weighted by Crippen LogP contribution is 2.38. The first-order chi connectivity index (χ1) is 17.8. The van der Waals surface area contributed by atoms with E-state index in [9.17, 15) is 8.42 Å². The Hall–Kier alpha value is -2.89. The van der Waals surface area contributed by atoms with Crippen LogP contribution in [0.1, 0.15) is 51.2 Å². The summed E-state index contributed by atoms with van der Waals surface area (Å²) in [6, 6.07) is 4.18. The van der Waals surface area contributed by atoms with Crippen LogP contribution >= 0.6 is 11.6 Å². The largest absolute Gasteiger partial charge is 0.489 e. The average Bonchev–Trinajstić information content (AvgIpc) is 3.42. The molecule has 12 heteroatoms. The maximum absolute atomic E-state index is 12.8. The second-order valence-corrected chi connectivity index (χ2v) is 13.2. The van der Waals surface area contributed by atoms with Gasteiger partial charge in [0, 0.05) is 19.8 Å². The van der Waals surface area contributed by atoms with E-state index in [4.69, 9.17) is 16.3 Å². The first-order valence-electron chi connectivity index (χ1n) is 12.7. The number of sulfone groups is 1. The van der Waals surface area contributed by atoms with Gasteiger partial charge in [-0.15, -0.1) is 0 Å². The molecule has 0 saturated carbocycles. The van der Waals surface area contributed by atoms with Gasteiger partial charge in [0.1, 0.15) is 10.8 Å². The molecular formula is C26H36ClN7O3S. The van der Waals surface area contributed by atoms with Crippen LogP contribution in [0.2, 0.25) is 5.02 Å². The Morgan fingerprint density at radius 3 is 2.50 bits per heavy atom. The SMILES string of the molecule is Cc1cc(Nc2ncc(Cl)c(Nc3cn(C)nc3S(=O)(=O)C(C)C)n2)c(OC(C)C)cc1C1CCN(C)C1. The van der Waals surface area contributed by atoms with E-state index in [1.165, 1.54) is 16.4 Å². The van der Waals surface area contributed by atoms with Gasteiger partial charge in [-0.2, -0.15) is 10.1 Å². The lowest BCUT2D eigenvalue weighted by Gasteiger charge is -2.21. The molecule has 0 aliphatic carbocycles. The minimum Gasteiger partial charge on any atom is -0.489 e. The lowest BCUT2D eigenvalue weighted by atomic mass is 9.93. The molecule has 2 aromatic heterocycles. The molecule has 4 rings (SSSR count). The number of halogens is 1. The number of hydrogen-bond donors (Lipinski definition) is 2. The lowest BCUT2D eigenvalue weighted by molar-refractivity contribution is 0.243. The molecule has 1 fully saturated rings. The Bertz CT molecular complexity index is 1420. The third kappa shape index (κ3) is 6.05. The number of benzene rings is 1. The number of likely N-dealkylation sites (tertiary alicyclic amines) is 1. The Balaban J connectivity index is 1.66. The number of ether oxygens (including phenoxy) is 1. The van der Waals surface area contributed by atoms with Gasteiger partial charge in [0.2, 0.25) is 20.8 Å². The standard InChI is InChI=1S/C26H36ClN7O3S/c1-15(2)37-23-11-19(18-8-9-33(6)13-18)17(5)10-21(23)30-26-28-12-20(27)24(31-26)29-22-14-34(7)32-25(22)38(35,36)16(3)4/h10-12,14-16,18H,8-9,13H2,1-7H3,(H2,28,29,30,31). The van der Waals surface area contributed by atoms with Crippen LogP contribution in [-0.4, -0.2) is 64.6 Å². The number of likely N-dealkylation sites (N-methyl/N-ethyl adjacent to an activating group) is 1. The Kier molecular flexibility index (Phi) is 8.20. The van der Waals surface area contributed by atoms with Crippen molar-refractivity contribution in [2.75, 3.05) is 30.8 Å². The fourth-order valence-electron chi connectivity index (χ4n) is 4.53. The van der Waals surface area contributed by atoms with Crippen LogP contribution in [0, 0.1) is 6.92 Å². The molecule has 2 N–H and O–H groups in total. The zero-order chi connectivity index (χ0) is 27.8. The monoisotopic (exact) mass is 561 g/mol.